The second-order valence-corrected chi connectivity index (χ2v) is 14.7. The first-order valence-corrected chi connectivity index (χ1v) is 20.6. The highest BCUT2D eigenvalue weighted by atomic mass is 16.2. The van der Waals surface area contributed by atoms with Crippen LogP contribution in [0.1, 0.15) is 94.5 Å². The molecule has 6 nitrogen and oxygen atoms in total. The van der Waals surface area contributed by atoms with Gasteiger partial charge in [-0.1, -0.05) is 104 Å². The molecule has 6 heteroatoms. The highest BCUT2D eigenvalue weighted by Crippen LogP contribution is 2.35. The Bertz CT molecular complexity index is 2240. The van der Waals surface area contributed by atoms with Crippen LogP contribution in [0.15, 0.2) is 140 Å². The molecule has 0 radical (unpaired) electrons. The van der Waals surface area contributed by atoms with Crippen LogP contribution in [0, 0.1) is 35.0 Å². The molecule has 8 rings (SSSR count). The Balaban J connectivity index is 0.000000189. The number of hydrogen-bond donors (Lipinski definition) is 0. The zero-order chi connectivity index (χ0) is 40.6. The molecule has 3 fully saturated rings. The molecule has 0 unspecified atom stereocenters. The molecule has 0 N–H and O–H groups in total. The van der Waals surface area contributed by atoms with E-state index < -0.39 is 5.41 Å². The van der Waals surface area contributed by atoms with Crippen molar-refractivity contribution in [2.45, 2.75) is 57.4 Å². The number of rotatable bonds is 4. The summed E-state index contributed by atoms with van der Waals surface area (Å²) in [6.07, 6.45) is 4.84. The van der Waals surface area contributed by atoms with Crippen LogP contribution in [-0.4, -0.2) is 71.8 Å². The van der Waals surface area contributed by atoms with Gasteiger partial charge >= 0.3 is 0 Å². The second kappa shape index (κ2) is 20.7. The van der Waals surface area contributed by atoms with Gasteiger partial charge < -0.3 is 14.7 Å². The smallest absolute Gasteiger partial charge is 0.253 e. The molecule has 0 aromatic heterocycles. The molecular formula is C52H52N4O2. The minimum atomic E-state index is -0.505. The summed E-state index contributed by atoms with van der Waals surface area (Å²) in [7, 11) is 0. The van der Waals surface area contributed by atoms with Crippen LogP contribution in [0.4, 0.5) is 0 Å². The van der Waals surface area contributed by atoms with E-state index in [9.17, 15) is 14.9 Å². The SMILES string of the molecule is CC.N#CC1(c2ccccc2)CCN(C(=O)c2ccc(C#Cc3ccccc3)cc2)CC1.O=C(c1ccc(C#Cc2ccccc2)cc1)N1CCC(N2CCC2)CC1. The number of amides is 2. The van der Waals surface area contributed by atoms with Crippen LogP contribution in [0.2, 0.25) is 0 Å². The van der Waals surface area contributed by atoms with Crippen LogP contribution in [0.3, 0.4) is 0 Å². The van der Waals surface area contributed by atoms with Gasteiger partial charge in [0.2, 0.25) is 0 Å². The van der Waals surface area contributed by atoms with E-state index in [1.54, 1.807) is 0 Å². The van der Waals surface area contributed by atoms with Crippen molar-refractivity contribution in [2.24, 2.45) is 0 Å². The summed E-state index contributed by atoms with van der Waals surface area (Å²) in [5.74, 6) is 12.7. The normalized spacial score (nSPS) is 15.8. The van der Waals surface area contributed by atoms with Crippen molar-refractivity contribution in [3.8, 4) is 29.8 Å². The largest absolute Gasteiger partial charge is 0.339 e. The third-order valence-electron chi connectivity index (χ3n) is 11.1. The highest BCUT2D eigenvalue weighted by molar-refractivity contribution is 5.95. The van der Waals surface area contributed by atoms with Gasteiger partial charge in [0.25, 0.3) is 11.8 Å². The summed E-state index contributed by atoms with van der Waals surface area (Å²) < 4.78 is 0. The maximum absolute atomic E-state index is 12.9. The number of piperidine rings is 2. The average Bonchev–Trinajstić information content (AvgIpc) is 3.29. The molecule has 3 saturated heterocycles. The fourth-order valence-corrected chi connectivity index (χ4v) is 7.54. The summed E-state index contributed by atoms with van der Waals surface area (Å²) in [5.41, 5.74) is 5.73. The fraction of sp³-hybridized carbons (Fsp3) is 0.288. The molecule has 0 saturated carbocycles. The van der Waals surface area contributed by atoms with E-state index in [2.05, 4.69) is 34.7 Å². The van der Waals surface area contributed by atoms with Gasteiger partial charge in [-0.15, -0.1) is 0 Å². The van der Waals surface area contributed by atoms with Crippen molar-refractivity contribution in [3.05, 3.63) is 178 Å². The first-order valence-electron chi connectivity index (χ1n) is 20.6. The van der Waals surface area contributed by atoms with E-state index >= 15 is 0 Å². The third-order valence-corrected chi connectivity index (χ3v) is 11.1. The first kappa shape index (κ1) is 41.2. The Labute approximate surface area is 345 Å². The number of nitriles is 1. The standard InChI is InChI=1S/C27H22N2O.C23H24N2O.C2H6/c28-21-27(25-9-5-2-6-10-25)17-19-29(20-18-27)26(30)24-15-13-23(14-16-24)12-11-22-7-3-1-4-8-22;26-23(25-17-13-22(14-18-25)24-15-4-16-24)21-11-9-20(10-12-21)8-7-19-5-2-1-3-6-19;1-2/h1-10,13-16H,17-20H2;1-3,5-6,9-12,22H,4,13-18H2;1-2H3. The number of carbonyl (C=O) groups is 2. The number of carbonyl (C=O) groups excluding carboxylic acids is 2. The zero-order valence-corrected chi connectivity index (χ0v) is 33.7. The van der Waals surface area contributed by atoms with Gasteiger partial charge in [0.15, 0.2) is 0 Å². The van der Waals surface area contributed by atoms with E-state index in [-0.39, 0.29) is 11.8 Å². The minimum Gasteiger partial charge on any atom is -0.339 e. The lowest BCUT2D eigenvalue weighted by atomic mass is 9.74. The maximum Gasteiger partial charge on any atom is 0.253 e. The number of hydrogen-bond acceptors (Lipinski definition) is 4. The molecule has 0 bridgehead atoms. The van der Waals surface area contributed by atoms with E-state index in [1.807, 2.05) is 163 Å². The van der Waals surface area contributed by atoms with Gasteiger partial charge in [-0.3, -0.25) is 9.59 Å². The molecular weight excluding hydrogens is 713 g/mol. The predicted octanol–water partition coefficient (Wildman–Crippen LogP) is 9.21. The molecule has 5 aromatic rings. The van der Waals surface area contributed by atoms with Gasteiger partial charge in [0.05, 0.1) is 11.5 Å². The Morgan fingerprint density at radius 1 is 0.517 bits per heavy atom. The summed E-state index contributed by atoms with van der Waals surface area (Å²) in [6, 6.07) is 48.0. The Morgan fingerprint density at radius 3 is 1.28 bits per heavy atom. The molecule has 3 heterocycles. The van der Waals surface area contributed by atoms with Crippen LogP contribution in [0.5, 0.6) is 0 Å². The van der Waals surface area contributed by atoms with Gasteiger partial charge in [-0.05, 0) is 124 Å². The number of nitrogens with zero attached hydrogens (tertiary/aromatic N) is 4. The van der Waals surface area contributed by atoms with Gasteiger partial charge in [-0.2, -0.15) is 5.26 Å². The molecule has 3 aliphatic heterocycles. The Hall–Kier alpha value is -6.39. The second-order valence-electron chi connectivity index (χ2n) is 14.7. The van der Waals surface area contributed by atoms with Gasteiger partial charge in [0.1, 0.15) is 0 Å². The van der Waals surface area contributed by atoms with E-state index in [0.717, 1.165) is 59.3 Å². The maximum atomic E-state index is 12.9. The van der Waals surface area contributed by atoms with Crippen molar-refractivity contribution in [1.29, 1.82) is 5.26 Å². The quantitative estimate of drug-likeness (QED) is 0.171. The summed E-state index contributed by atoms with van der Waals surface area (Å²) in [5, 5.41) is 9.83. The van der Waals surface area contributed by atoms with E-state index in [4.69, 9.17) is 0 Å². The van der Waals surface area contributed by atoms with Crippen LogP contribution in [0.25, 0.3) is 0 Å². The number of likely N-dealkylation sites (tertiary alicyclic amines) is 3. The lowest BCUT2D eigenvalue weighted by Gasteiger charge is -2.43. The zero-order valence-electron chi connectivity index (χ0n) is 33.7. The van der Waals surface area contributed by atoms with Crippen LogP contribution >= 0.6 is 0 Å². The summed E-state index contributed by atoms with van der Waals surface area (Å²) in [4.78, 5) is 32.1. The van der Waals surface area contributed by atoms with Crippen molar-refractivity contribution in [1.82, 2.24) is 14.7 Å². The van der Waals surface area contributed by atoms with Crippen molar-refractivity contribution in [3.63, 3.8) is 0 Å². The van der Waals surface area contributed by atoms with E-state index in [1.165, 1.54) is 19.5 Å². The Morgan fingerprint density at radius 2 is 0.897 bits per heavy atom. The highest BCUT2D eigenvalue weighted by Gasteiger charge is 2.38. The molecule has 0 spiro atoms. The summed E-state index contributed by atoms with van der Waals surface area (Å²) >= 11 is 0. The molecule has 0 atom stereocenters. The van der Waals surface area contributed by atoms with Gasteiger partial charge in [-0.25, -0.2) is 0 Å². The van der Waals surface area contributed by atoms with Crippen LogP contribution in [-0.2, 0) is 5.41 Å². The molecule has 58 heavy (non-hydrogen) atoms. The summed E-state index contributed by atoms with van der Waals surface area (Å²) in [6.45, 7) is 9.38. The fourth-order valence-electron chi connectivity index (χ4n) is 7.54. The monoisotopic (exact) mass is 764 g/mol. The lowest BCUT2D eigenvalue weighted by molar-refractivity contribution is 0.0488. The predicted molar refractivity (Wildman–Crippen MR) is 233 cm³/mol. The van der Waals surface area contributed by atoms with Crippen molar-refractivity contribution >= 4 is 11.8 Å². The van der Waals surface area contributed by atoms with Crippen LogP contribution < -0.4 is 0 Å². The third kappa shape index (κ3) is 10.7. The first-order chi connectivity index (χ1) is 28.5. The number of benzene rings is 5. The molecule has 5 aromatic carbocycles. The Kier molecular flexibility index (Phi) is 14.7. The topological polar surface area (TPSA) is 67.6 Å². The molecule has 0 aliphatic carbocycles. The lowest BCUT2D eigenvalue weighted by Crippen LogP contribution is -2.51. The van der Waals surface area contributed by atoms with E-state index in [0.29, 0.717) is 37.5 Å². The van der Waals surface area contributed by atoms with Crippen molar-refractivity contribution < 1.29 is 9.59 Å². The average molecular weight is 765 g/mol. The van der Waals surface area contributed by atoms with Crippen molar-refractivity contribution in [2.75, 3.05) is 39.3 Å². The molecule has 3 aliphatic rings. The van der Waals surface area contributed by atoms with Gasteiger partial charge in [0, 0.05) is 65.6 Å². The minimum absolute atomic E-state index is 0.0113. The molecule has 2 amide bonds. The molecule has 292 valence electrons.